The molecule has 0 amide bonds. The lowest BCUT2D eigenvalue weighted by molar-refractivity contribution is -0.0421. The molecule has 1 atom stereocenters. The quantitative estimate of drug-likeness (QED) is 0.722. The van der Waals surface area contributed by atoms with Crippen LogP contribution in [0, 0.1) is 0 Å². The van der Waals surface area contributed by atoms with Gasteiger partial charge in [0.25, 0.3) is 11.1 Å². The number of hydrogen-bond donors (Lipinski definition) is 0. The minimum Gasteiger partial charge on any atom is -0.356 e. The molecule has 126 valence electrons. The molecule has 0 bridgehead atoms. The maximum absolute atomic E-state index is 13.1. The van der Waals surface area contributed by atoms with Crippen LogP contribution in [0.2, 0.25) is 0 Å². The van der Waals surface area contributed by atoms with Gasteiger partial charge in [-0.1, -0.05) is 0 Å². The number of rotatable bonds is 2. The van der Waals surface area contributed by atoms with Gasteiger partial charge in [0.15, 0.2) is 6.23 Å². The molecule has 1 saturated heterocycles. The summed E-state index contributed by atoms with van der Waals surface area (Å²) in [5.41, 5.74) is 1.17. The van der Waals surface area contributed by atoms with Gasteiger partial charge in [-0.3, -0.25) is 9.59 Å². The Kier molecular flexibility index (Phi) is 3.53. The maximum Gasteiger partial charge on any atom is 0.295 e. The van der Waals surface area contributed by atoms with Crippen molar-refractivity contribution < 1.29 is 4.74 Å². The summed E-state index contributed by atoms with van der Waals surface area (Å²) in [6.45, 7) is 4.49. The molecule has 0 aliphatic carbocycles. The van der Waals surface area contributed by atoms with E-state index in [0.717, 1.165) is 19.3 Å². The first-order chi connectivity index (χ1) is 11.6. The Bertz CT molecular complexity index is 1020. The number of ether oxygens (including phenoxy) is 1. The molecule has 0 radical (unpaired) electrons. The van der Waals surface area contributed by atoms with Crippen molar-refractivity contribution in [3.63, 3.8) is 0 Å². The molecule has 0 spiro atoms. The predicted molar refractivity (Wildman–Crippen MR) is 90.4 cm³/mol. The normalized spacial score (nSPS) is 18.7. The topological polar surface area (TPSA) is 70.5 Å². The van der Waals surface area contributed by atoms with Crippen LogP contribution in [-0.2, 0) is 4.74 Å². The molecule has 4 rings (SSSR count). The lowest BCUT2D eigenvalue weighted by Crippen LogP contribution is -2.34. The third kappa shape index (κ3) is 2.11. The number of aromatic nitrogens is 4. The Hall–Kier alpha value is -2.41. The molecule has 1 unspecified atom stereocenters. The van der Waals surface area contributed by atoms with Gasteiger partial charge in [0.1, 0.15) is 11.0 Å². The Morgan fingerprint density at radius 1 is 1.21 bits per heavy atom. The minimum absolute atomic E-state index is 0.0668. The fourth-order valence-electron chi connectivity index (χ4n) is 3.47. The number of fused-ring (bicyclic) bond motifs is 3. The van der Waals surface area contributed by atoms with Crippen molar-refractivity contribution in [2.45, 2.75) is 45.4 Å². The van der Waals surface area contributed by atoms with E-state index in [4.69, 9.17) is 4.74 Å². The first-order valence-electron chi connectivity index (χ1n) is 8.34. The number of hydrogen-bond acceptors (Lipinski definition) is 4. The zero-order valence-electron chi connectivity index (χ0n) is 13.8. The zero-order valence-corrected chi connectivity index (χ0v) is 13.8. The monoisotopic (exact) mass is 328 g/mol. The molecular weight excluding hydrogens is 308 g/mol. The third-order valence-electron chi connectivity index (χ3n) is 4.59. The van der Waals surface area contributed by atoms with Crippen molar-refractivity contribution in [2.75, 3.05) is 6.61 Å². The average molecular weight is 328 g/mol. The van der Waals surface area contributed by atoms with Crippen LogP contribution in [0.5, 0.6) is 0 Å². The summed E-state index contributed by atoms with van der Waals surface area (Å²) in [4.78, 5) is 25.8. The van der Waals surface area contributed by atoms with Crippen molar-refractivity contribution in [3.8, 4) is 0 Å². The smallest absolute Gasteiger partial charge is 0.295 e. The van der Waals surface area contributed by atoms with E-state index >= 15 is 0 Å². The first-order valence-corrected chi connectivity index (χ1v) is 8.34. The van der Waals surface area contributed by atoms with Crippen LogP contribution in [0.1, 0.15) is 45.4 Å². The Balaban J connectivity index is 2.09. The van der Waals surface area contributed by atoms with Crippen LogP contribution in [0.15, 0.2) is 34.1 Å². The van der Waals surface area contributed by atoms with Gasteiger partial charge in [-0.15, -0.1) is 0 Å². The number of nitrogens with zero attached hydrogens (tertiary/aromatic N) is 4. The Labute approximate surface area is 138 Å². The van der Waals surface area contributed by atoms with Gasteiger partial charge in [0, 0.05) is 18.8 Å². The molecule has 7 heteroatoms. The molecule has 24 heavy (non-hydrogen) atoms. The van der Waals surface area contributed by atoms with E-state index in [9.17, 15) is 9.59 Å². The van der Waals surface area contributed by atoms with E-state index in [1.807, 2.05) is 13.8 Å². The summed E-state index contributed by atoms with van der Waals surface area (Å²) in [6.07, 6.45) is 5.82. The van der Waals surface area contributed by atoms with Gasteiger partial charge in [0.05, 0.1) is 11.7 Å². The summed E-state index contributed by atoms with van der Waals surface area (Å²) in [6, 6.07) is 3.45. The molecule has 0 aromatic carbocycles. The molecule has 3 aromatic heterocycles. The fourth-order valence-corrected chi connectivity index (χ4v) is 3.47. The molecule has 0 saturated carbocycles. The molecular formula is C17H20N4O3. The van der Waals surface area contributed by atoms with Crippen molar-refractivity contribution in [1.29, 1.82) is 0 Å². The molecule has 3 aromatic rings. The first kappa shape index (κ1) is 15.1. The van der Waals surface area contributed by atoms with E-state index in [0.29, 0.717) is 23.2 Å². The van der Waals surface area contributed by atoms with Crippen LogP contribution < -0.4 is 11.1 Å². The molecule has 1 aliphatic rings. The summed E-state index contributed by atoms with van der Waals surface area (Å²) < 4.78 is 10.4. The van der Waals surface area contributed by atoms with Gasteiger partial charge in [-0.2, -0.15) is 9.78 Å². The average Bonchev–Trinajstić information content (AvgIpc) is 3.05. The summed E-state index contributed by atoms with van der Waals surface area (Å²) in [5.74, 6) is 0. The van der Waals surface area contributed by atoms with E-state index < -0.39 is 0 Å². The second-order valence-electron chi connectivity index (χ2n) is 6.48. The predicted octanol–water partition coefficient (Wildman–Crippen LogP) is 2.09. The lowest BCUT2D eigenvalue weighted by atomic mass is 10.2. The largest absolute Gasteiger partial charge is 0.356 e. The van der Waals surface area contributed by atoms with Gasteiger partial charge in [-0.25, -0.2) is 0 Å². The van der Waals surface area contributed by atoms with Gasteiger partial charge in [-0.05, 0) is 45.2 Å². The minimum atomic E-state index is -0.333. The van der Waals surface area contributed by atoms with Crippen LogP contribution >= 0.6 is 0 Å². The highest BCUT2D eigenvalue weighted by Gasteiger charge is 2.22. The van der Waals surface area contributed by atoms with E-state index in [1.165, 1.54) is 4.68 Å². The summed E-state index contributed by atoms with van der Waals surface area (Å²) in [7, 11) is 0. The van der Waals surface area contributed by atoms with E-state index in [1.54, 1.807) is 33.5 Å². The molecule has 0 N–H and O–H groups in total. The standard InChI is InChI=1S/C17H20N4O3/c1-11(2)20-13-10-18-21(14-7-3-4-9-24-14)17(23)15(13)19-8-5-6-12(19)16(20)22/h5-6,8,10-11,14H,3-4,7,9H2,1-2H3. The van der Waals surface area contributed by atoms with Crippen LogP contribution in [0.3, 0.4) is 0 Å². The maximum atomic E-state index is 13.1. The Morgan fingerprint density at radius 2 is 2.04 bits per heavy atom. The van der Waals surface area contributed by atoms with Crippen molar-refractivity contribution in [3.05, 3.63) is 45.2 Å². The van der Waals surface area contributed by atoms with E-state index in [2.05, 4.69) is 5.10 Å². The second-order valence-corrected chi connectivity index (χ2v) is 6.48. The lowest BCUT2D eigenvalue weighted by Gasteiger charge is -2.24. The van der Waals surface area contributed by atoms with Crippen molar-refractivity contribution in [1.82, 2.24) is 18.7 Å². The highest BCUT2D eigenvalue weighted by Crippen LogP contribution is 2.21. The highest BCUT2D eigenvalue weighted by atomic mass is 16.5. The molecule has 1 aliphatic heterocycles. The SMILES string of the molecule is CC(C)n1c(=O)c2cccn2c2c(=O)n(C3CCCCO3)ncc21. The third-order valence-corrected chi connectivity index (χ3v) is 4.59. The zero-order chi connectivity index (χ0) is 16.8. The van der Waals surface area contributed by atoms with Gasteiger partial charge < -0.3 is 13.7 Å². The van der Waals surface area contributed by atoms with Crippen LogP contribution in [0.4, 0.5) is 0 Å². The van der Waals surface area contributed by atoms with E-state index in [-0.39, 0.29) is 23.4 Å². The molecule has 4 heterocycles. The molecule has 7 nitrogen and oxygen atoms in total. The van der Waals surface area contributed by atoms with Crippen LogP contribution in [-0.4, -0.2) is 25.4 Å². The fraction of sp³-hybridized carbons (Fsp3) is 0.471. The van der Waals surface area contributed by atoms with Gasteiger partial charge in [0.2, 0.25) is 0 Å². The highest BCUT2D eigenvalue weighted by molar-refractivity contribution is 5.77. The van der Waals surface area contributed by atoms with Crippen molar-refractivity contribution >= 4 is 16.6 Å². The van der Waals surface area contributed by atoms with Crippen molar-refractivity contribution in [2.24, 2.45) is 0 Å². The summed E-state index contributed by atoms with van der Waals surface area (Å²) >= 11 is 0. The van der Waals surface area contributed by atoms with Crippen LogP contribution in [0.25, 0.3) is 16.6 Å². The van der Waals surface area contributed by atoms with Gasteiger partial charge >= 0.3 is 0 Å². The summed E-state index contributed by atoms with van der Waals surface area (Å²) in [5, 5.41) is 4.31. The molecule has 1 fully saturated rings. The Morgan fingerprint density at radius 3 is 2.75 bits per heavy atom. The second kappa shape index (κ2) is 5.59.